The van der Waals surface area contributed by atoms with Crippen molar-refractivity contribution in [1.82, 2.24) is 10.2 Å². The molecule has 1 saturated heterocycles. The average molecular weight is 272 g/mol. The van der Waals surface area contributed by atoms with E-state index in [1.54, 1.807) is 0 Å². The molecule has 0 aliphatic carbocycles. The number of likely N-dealkylation sites (tertiary alicyclic amines) is 1. The number of hydrogen-bond acceptors (Lipinski definition) is 3. The van der Waals surface area contributed by atoms with E-state index in [9.17, 15) is 5.11 Å². The van der Waals surface area contributed by atoms with E-state index in [0.717, 1.165) is 26.2 Å². The Kier molecular flexibility index (Phi) is 4.08. The van der Waals surface area contributed by atoms with Gasteiger partial charge in [0, 0.05) is 24.7 Å². The predicted molar refractivity (Wildman–Crippen MR) is 82.1 cm³/mol. The predicted octanol–water partition coefficient (Wildman–Crippen LogP) is 2.22. The summed E-state index contributed by atoms with van der Waals surface area (Å²) in [6.07, 6.45) is 4.49. The van der Waals surface area contributed by atoms with Crippen LogP contribution in [-0.4, -0.2) is 35.7 Å². The number of piperidine rings is 1. The third-order valence-corrected chi connectivity index (χ3v) is 4.40. The number of allylic oxidation sites excluding steroid dienone is 1. The molecule has 3 heteroatoms. The lowest BCUT2D eigenvalue weighted by atomic mass is 9.89. The minimum atomic E-state index is -0.217. The van der Waals surface area contributed by atoms with Crippen LogP contribution in [0.15, 0.2) is 30.0 Å². The Morgan fingerprint density at radius 1 is 1.30 bits per heavy atom. The number of hydrogen-bond donors (Lipinski definition) is 2. The molecule has 3 nitrogen and oxygen atoms in total. The van der Waals surface area contributed by atoms with Gasteiger partial charge in [0.05, 0.1) is 6.10 Å². The molecule has 2 aliphatic rings. The lowest BCUT2D eigenvalue weighted by molar-refractivity contribution is 0.104. The highest BCUT2D eigenvalue weighted by molar-refractivity contribution is 5.59. The molecule has 1 fully saturated rings. The second kappa shape index (κ2) is 5.98. The molecule has 108 valence electrons. The SMILES string of the molecule is CC(O)CN1CCC(C2=Cc3ccccc3CN2)CC1. The minimum absolute atomic E-state index is 0.217. The van der Waals surface area contributed by atoms with E-state index in [-0.39, 0.29) is 6.10 Å². The second-order valence-electron chi connectivity index (χ2n) is 6.08. The first-order valence-corrected chi connectivity index (χ1v) is 7.66. The Hall–Kier alpha value is -1.32. The molecule has 1 aromatic rings. The average Bonchev–Trinajstić information content (AvgIpc) is 2.47. The summed E-state index contributed by atoms with van der Waals surface area (Å²) in [5.74, 6) is 0.647. The molecule has 2 aliphatic heterocycles. The van der Waals surface area contributed by atoms with Gasteiger partial charge in [0.15, 0.2) is 0 Å². The summed E-state index contributed by atoms with van der Waals surface area (Å²) in [4.78, 5) is 2.37. The van der Waals surface area contributed by atoms with Gasteiger partial charge in [-0.3, -0.25) is 0 Å². The first kappa shape index (κ1) is 13.7. The van der Waals surface area contributed by atoms with Gasteiger partial charge in [0.2, 0.25) is 0 Å². The number of aliphatic hydroxyl groups is 1. The lowest BCUT2D eigenvalue weighted by Gasteiger charge is -2.35. The van der Waals surface area contributed by atoms with E-state index in [1.165, 1.54) is 29.7 Å². The van der Waals surface area contributed by atoms with Crippen LogP contribution in [0.5, 0.6) is 0 Å². The van der Waals surface area contributed by atoms with Crippen LogP contribution in [0, 0.1) is 5.92 Å². The monoisotopic (exact) mass is 272 g/mol. The number of aliphatic hydroxyl groups excluding tert-OH is 1. The van der Waals surface area contributed by atoms with Crippen LogP contribution in [0.2, 0.25) is 0 Å². The summed E-state index contributed by atoms with van der Waals surface area (Å²) in [7, 11) is 0. The van der Waals surface area contributed by atoms with Gasteiger partial charge in [0.25, 0.3) is 0 Å². The number of fused-ring (bicyclic) bond motifs is 1. The fourth-order valence-electron chi connectivity index (χ4n) is 3.31. The maximum absolute atomic E-state index is 9.46. The maximum Gasteiger partial charge on any atom is 0.0639 e. The standard InChI is InChI=1S/C17H24N2O/c1-13(20)12-19-8-6-14(7-9-19)17-10-15-4-2-3-5-16(15)11-18-17/h2-5,10,13-14,18,20H,6-9,11-12H2,1H3. The molecule has 0 radical (unpaired) electrons. The summed E-state index contributed by atoms with van der Waals surface area (Å²) in [6, 6.07) is 8.62. The quantitative estimate of drug-likeness (QED) is 0.885. The Morgan fingerprint density at radius 2 is 2.05 bits per heavy atom. The van der Waals surface area contributed by atoms with Crippen molar-refractivity contribution < 1.29 is 5.11 Å². The molecular formula is C17H24N2O. The van der Waals surface area contributed by atoms with Crippen molar-refractivity contribution in [2.75, 3.05) is 19.6 Å². The molecule has 0 bridgehead atoms. The summed E-state index contributed by atoms with van der Waals surface area (Å²) >= 11 is 0. The second-order valence-corrected chi connectivity index (χ2v) is 6.08. The molecule has 2 heterocycles. The summed E-state index contributed by atoms with van der Waals surface area (Å²) in [5, 5.41) is 13.1. The number of rotatable bonds is 3. The highest BCUT2D eigenvalue weighted by atomic mass is 16.3. The van der Waals surface area contributed by atoms with Crippen molar-refractivity contribution in [3.8, 4) is 0 Å². The number of benzene rings is 1. The lowest BCUT2D eigenvalue weighted by Crippen LogP contribution is -2.40. The topological polar surface area (TPSA) is 35.5 Å². The molecule has 20 heavy (non-hydrogen) atoms. The molecule has 0 amide bonds. The summed E-state index contributed by atoms with van der Waals surface area (Å²) < 4.78 is 0. The number of nitrogens with zero attached hydrogens (tertiary/aromatic N) is 1. The van der Waals surface area contributed by atoms with Crippen LogP contribution in [0.25, 0.3) is 6.08 Å². The van der Waals surface area contributed by atoms with Crippen LogP contribution >= 0.6 is 0 Å². The number of β-amino-alcohol motifs (C(OH)–C–C–N with tert-alkyl or cyclic N) is 1. The van der Waals surface area contributed by atoms with Crippen molar-refractivity contribution >= 4 is 6.08 Å². The molecule has 0 aromatic heterocycles. The molecule has 1 unspecified atom stereocenters. The van der Waals surface area contributed by atoms with Crippen LogP contribution in [0.4, 0.5) is 0 Å². The van der Waals surface area contributed by atoms with Gasteiger partial charge in [-0.1, -0.05) is 24.3 Å². The van der Waals surface area contributed by atoms with Gasteiger partial charge in [-0.05, 0) is 50.1 Å². The Labute approximate surface area is 121 Å². The van der Waals surface area contributed by atoms with E-state index in [1.807, 2.05) is 6.92 Å². The van der Waals surface area contributed by atoms with Gasteiger partial charge < -0.3 is 15.3 Å². The normalized spacial score (nSPS) is 21.8. The molecule has 3 rings (SSSR count). The Morgan fingerprint density at radius 3 is 2.80 bits per heavy atom. The van der Waals surface area contributed by atoms with Crippen molar-refractivity contribution in [2.45, 2.75) is 32.4 Å². The van der Waals surface area contributed by atoms with E-state index < -0.39 is 0 Å². The smallest absolute Gasteiger partial charge is 0.0639 e. The first-order valence-electron chi connectivity index (χ1n) is 7.66. The van der Waals surface area contributed by atoms with Crippen LogP contribution in [0.1, 0.15) is 30.9 Å². The molecule has 1 atom stereocenters. The van der Waals surface area contributed by atoms with Crippen molar-refractivity contribution in [3.63, 3.8) is 0 Å². The van der Waals surface area contributed by atoms with Crippen LogP contribution in [0.3, 0.4) is 0 Å². The Balaban J connectivity index is 1.63. The van der Waals surface area contributed by atoms with Crippen LogP contribution < -0.4 is 5.32 Å². The van der Waals surface area contributed by atoms with Gasteiger partial charge in [-0.25, -0.2) is 0 Å². The van der Waals surface area contributed by atoms with Crippen molar-refractivity contribution in [3.05, 3.63) is 41.1 Å². The summed E-state index contributed by atoms with van der Waals surface area (Å²) in [6.45, 7) is 5.82. The van der Waals surface area contributed by atoms with Crippen LogP contribution in [-0.2, 0) is 6.54 Å². The molecule has 0 saturated carbocycles. The zero-order chi connectivity index (χ0) is 13.9. The molecular weight excluding hydrogens is 248 g/mol. The van der Waals surface area contributed by atoms with Gasteiger partial charge in [-0.2, -0.15) is 0 Å². The zero-order valence-electron chi connectivity index (χ0n) is 12.2. The van der Waals surface area contributed by atoms with Gasteiger partial charge >= 0.3 is 0 Å². The largest absolute Gasteiger partial charge is 0.392 e. The highest BCUT2D eigenvalue weighted by Gasteiger charge is 2.24. The maximum atomic E-state index is 9.46. The number of nitrogens with one attached hydrogen (secondary N) is 1. The van der Waals surface area contributed by atoms with E-state index in [2.05, 4.69) is 40.6 Å². The van der Waals surface area contributed by atoms with Crippen molar-refractivity contribution in [1.29, 1.82) is 0 Å². The van der Waals surface area contributed by atoms with E-state index >= 15 is 0 Å². The van der Waals surface area contributed by atoms with E-state index in [0.29, 0.717) is 5.92 Å². The fraction of sp³-hybridized carbons (Fsp3) is 0.529. The third-order valence-electron chi connectivity index (χ3n) is 4.40. The van der Waals surface area contributed by atoms with Gasteiger partial charge in [0.1, 0.15) is 0 Å². The molecule has 2 N–H and O–H groups in total. The fourth-order valence-corrected chi connectivity index (χ4v) is 3.31. The van der Waals surface area contributed by atoms with Crippen molar-refractivity contribution in [2.24, 2.45) is 5.92 Å². The van der Waals surface area contributed by atoms with Gasteiger partial charge in [-0.15, -0.1) is 0 Å². The molecule has 1 aromatic carbocycles. The zero-order valence-corrected chi connectivity index (χ0v) is 12.2. The first-order chi connectivity index (χ1) is 9.72. The summed E-state index contributed by atoms with van der Waals surface area (Å²) in [5.41, 5.74) is 4.16. The Bertz CT molecular complexity index is 488. The molecule has 0 spiro atoms. The van der Waals surface area contributed by atoms with E-state index in [4.69, 9.17) is 0 Å². The third kappa shape index (κ3) is 3.05. The highest BCUT2D eigenvalue weighted by Crippen LogP contribution is 2.28. The minimum Gasteiger partial charge on any atom is -0.392 e.